The van der Waals surface area contributed by atoms with Crippen molar-refractivity contribution in [2.45, 2.75) is 50.6 Å². The van der Waals surface area contributed by atoms with Crippen LogP contribution in [-0.2, 0) is 9.53 Å². The summed E-state index contributed by atoms with van der Waals surface area (Å²) in [7, 11) is 0. The average Bonchev–Trinajstić information content (AvgIpc) is 2.49. The number of carbonyl (C=O) groups excluding carboxylic acids is 1. The lowest BCUT2D eigenvalue weighted by atomic mass is 9.70. The molecule has 0 amide bonds. The lowest BCUT2D eigenvalue weighted by Gasteiger charge is -2.44. The minimum absolute atomic E-state index is 0.0797. The fraction of sp³-hybridized carbons (Fsp3) is 0.786. The van der Waals surface area contributed by atoms with Crippen LogP contribution in [0.5, 0.6) is 0 Å². The second-order valence-electron chi connectivity index (χ2n) is 6.39. The third kappa shape index (κ3) is 1.60. The number of hydrogen-bond donors (Lipinski definition) is 0. The number of rotatable bonds is 2. The van der Waals surface area contributed by atoms with Crippen LogP contribution in [0.15, 0.2) is 12.2 Å². The van der Waals surface area contributed by atoms with Crippen LogP contribution in [0, 0.1) is 16.7 Å². The topological polar surface area (TPSA) is 26.3 Å². The number of hydrogen-bond acceptors (Lipinski definition) is 2. The highest BCUT2D eigenvalue weighted by Gasteiger charge is 2.70. The first kappa shape index (κ1) is 13.4. The highest BCUT2D eigenvalue weighted by Crippen LogP contribution is 2.72. The van der Waals surface area contributed by atoms with Crippen molar-refractivity contribution in [2.24, 2.45) is 16.7 Å². The van der Waals surface area contributed by atoms with Crippen molar-refractivity contribution in [1.29, 1.82) is 0 Å². The van der Waals surface area contributed by atoms with Gasteiger partial charge in [-0.25, -0.2) is 4.79 Å². The van der Waals surface area contributed by atoms with E-state index in [1.165, 1.54) is 6.42 Å². The number of carbonyl (C=O) groups is 1. The van der Waals surface area contributed by atoms with E-state index in [1.54, 1.807) is 6.92 Å². The summed E-state index contributed by atoms with van der Waals surface area (Å²) in [5, 5.41) is 0. The standard InChI is InChI=1S/C14H21IO2/c1-9(2)11(16)17-14(15)8-10-6-7-13(14,5)12(10,3)4/h10H,1,6-8H2,2-5H3. The molecule has 17 heavy (non-hydrogen) atoms. The van der Waals surface area contributed by atoms with Crippen LogP contribution in [0.1, 0.15) is 47.0 Å². The summed E-state index contributed by atoms with van der Waals surface area (Å²) in [6.07, 6.45) is 3.39. The van der Waals surface area contributed by atoms with Crippen LogP contribution in [0.2, 0.25) is 0 Å². The molecule has 2 aliphatic carbocycles. The SMILES string of the molecule is C=C(C)C(=O)OC1(I)CC2CCC1(C)C2(C)C. The minimum atomic E-state index is -0.354. The smallest absolute Gasteiger partial charge is 0.334 e. The van der Waals surface area contributed by atoms with E-state index >= 15 is 0 Å². The van der Waals surface area contributed by atoms with Gasteiger partial charge in [0.2, 0.25) is 0 Å². The molecule has 0 saturated heterocycles. The summed E-state index contributed by atoms with van der Waals surface area (Å²) in [6.45, 7) is 12.3. The number of alkyl halides is 1. The van der Waals surface area contributed by atoms with Crippen LogP contribution in [-0.4, -0.2) is 9.58 Å². The van der Waals surface area contributed by atoms with Gasteiger partial charge >= 0.3 is 5.97 Å². The molecule has 0 aliphatic heterocycles. The Hall–Kier alpha value is -0.0600. The summed E-state index contributed by atoms with van der Waals surface area (Å²) in [6, 6.07) is 0. The Morgan fingerprint density at radius 3 is 2.35 bits per heavy atom. The first-order valence-corrected chi connectivity index (χ1v) is 7.30. The molecule has 3 atom stereocenters. The number of fused-ring (bicyclic) bond motifs is 2. The van der Waals surface area contributed by atoms with E-state index in [9.17, 15) is 4.79 Å². The Morgan fingerprint density at radius 1 is 1.41 bits per heavy atom. The van der Waals surface area contributed by atoms with Crippen LogP contribution in [0.4, 0.5) is 0 Å². The second-order valence-corrected chi connectivity index (χ2v) is 8.13. The van der Waals surface area contributed by atoms with Crippen LogP contribution in [0.25, 0.3) is 0 Å². The molecule has 2 fully saturated rings. The normalized spacial score (nSPS) is 42.5. The molecule has 0 aromatic rings. The van der Waals surface area contributed by atoms with E-state index in [0.717, 1.165) is 12.8 Å². The lowest BCUT2D eigenvalue weighted by molar-refractivity contribution is -0.154. The molecule has 0 spiro atoms. The highest BCUT2D eigenvalue weighted by atomic mass is 127. The molecular formula is C14H21IO2. The Labute approximate surface area is 117 Å². The van der Waals surface area contributed by atoms with Crippen molar-refractivity contribution in [3.8, 4) is 0 Å². The zero-order valence-electron chi connectivity index (χ0n) is 11.1. The molecule has 0 aromatic carbocycles. The molecule has 2 saturated carbocycles. The van der Waals surface area contributed by atoms with Crippen LogP contribution < -0.4 is 0 Å². The predicted octanol–water partition coefficient (Wildman–Crippen LogP) is 4.08. The van der Waals surface area contributed by atoms with Gasteiger partial charge in [-0.1, -0.05) is 27.4 Å². The van der Waals surface area contributed by atoms with E-state index in [4.69, 9.17) is 4.74 Å². The highest BCUT2D eigenvalue weighted by molar-refractivity contribution is 14.1. The fourth-order valence-electron chi connectivity index (χ4n) is 3.55. The molecule has 2 aliphatic rings. The average molecular weight is 348 g/mol. The summed E-state index contributed by atoms with van der Waals surface area (Å²) < 4.78 is 5.43. The van der Waals surface area contributed by atoms with E-state index in [2.05, 4.69) is 49.9 Å². The van der Waals surface area contributed by atoms with E-state index in [-0.39, 0.29) is 20.4 Å². The predicted molar refractivity (Wildman–Crippen MR) is 76.9 cm³/mol. The van der Waals surface area contributed by atoms with Crippen molar-refractivity contribution in [3.05, 3.63) is 12.2 Å². The Bertz CT molecular complexity index is 388. The van der Waals surface area contributed by atoms with Gasteiger partial charge in [-0.3, -0.25) is 0 Å². The molecule has 3 heteroatoms. The monoisotopic (exact) mass is 348 g/mol. The van der Waals surface area contributed by atoms with Gasteiger partial charge in [-0.05, 0) is 53.7 Å². The molecule has 96 valence electrons. The Kier molecular flexibility index (Phi) is 2.92. The van der Waals surface area contributed by atoms with Gasteiger partial charge in [-0.15, -0.1) is 0 Å². The summed E-state index contributed by atoms with van der Waals surface area (Å²) >= 11 is 2.36. The molecule has 0 aromatic heterocycles. The molecule has 3 unspecified atom stereocenters. The van der Waals surface area contributed by atoms with Gasteiger partial charge in [-0.2, -0.15) is 0 Å². The summed E-state index contributed by atoms with van der Waals surface area (Å²) in [5.41, 5.74) is 0.824. The zero-order valence-corrected chi connectivity index (χ0v) is 13.3. The largest absolute Gasteiger partial charge is 0.444 e. The molecule has 0 N–H and O–H groups in total. The van der Waals surface area contributed by atoms with Gasteiger partial charge in [0.05, 0.1) is 0 Å². The van der Waals surface area contributed by atoms with E-state index < -0.39 is 0 Å². The molecular weight excluding hydrogens is 327 g/mol. The van der Waals surface area contributed by atoms with Gasteiger partial charge in [0, 0.05) is 17.4 Å². The zero-order chi connectivity index (χ0) is 13.1. The molecule has 2 bridgehead atoms. The minimum Gasteiger partial charge on any atom is -0.444 e. The van der Waals surface area contributed by atoms with E-state index in [1.807, 2.05) is 0 Å². The second kappa shape index (κ2) is 3.72. The van der Waals surface area contributed by atoms with Crippen molar-refractivity contribution in [1.82, 2.24) is 0 Å². The van der Waals surface area contributed by atoms with Crippen molar-refractivity contribution >= 4 is 28.6 Å². The van der Waals surface area contributed by atoms with Gasteiger partial charge in [0.1, 0.15) is 0 Å². The first-order chi connectivity index (χ1) is 7.64. The quantitative estimate of drug-likeness (QED) is 0.325. The maximum absolute atomic E-state index is 11.8. The number of halogens is 1. The number of ether oxygens (including phenoxy) is 1. The van der Waals surface area contributed by atoms with Crippen molar-refractivity contribution in [2.75, 3.05) is 0 Å². The maximum atomic E-state index is 11.8. The van der Waals surface area contributed by atoms with Crippen LogP contribution in [0.3, 0.4) is 0 Å². The lowest BCUT2D eigenvalue weighted by Crippen LogP contribution is -2.45. The molecule has 2 rings (SSSR count). The van der Waals surface area contributed by atoms with Gasteiger partial charge < -0.3 is 4.74 Å². The summed E-state index contributed by atoms with van der Waals surface area (Å²) in [4.78, 5) is 11.8. The molecule has 0 heterocycles. The number of esters is 1. The summed E-state index contributed by atoms with van der Waals surface area (Å²) in [5.74, 6) is 0.422. The fourth-order valence-corrected chi connectivity index (χ4v) is 5.25. The Morgan fingerprint density at radius 2 is 2.00 bits per heavy atom. The van der Waals surface area contributed by atoms with E-state index in [0.29, 0.717) is 11.5 Å². The Balaban J connectivity index is 2.30. The molecule has 0 radical (unpaired) electrons. The third-order valence-electron chi connectivity index (χ3n) is 5.37. The van der Waals surface area contributed by atoms with Gasteiger partial charge in [0.25, 0.3) is 0 Å². The van der Waals surface area contributed by atoms with Crippen molar-refractivity contribution < 1.29 is 9.53 Å². The first-order valence-electron chi connectivity index (χ1n) is 6.22. The van der Waals surface area contributed by atoms with Crippen molar-refractivity contribution in [3.63, 3.8) is 0 Å². The molecule has 2 nitrogen and oxygen atoms in total. The van der Waals surface area contributed by atoms with Crippen LogP contribution >= 0.6 is 22.6 Å². The maximum Gasteiger partial charge on any atom is 0.334 e. The van der Waals surface area contributed by atoms with Gasteiger partial charge in [0.15, 0.2) is 3.61 Å². The third-order valence-corrected chi connectivity index (χ3v) is 7.22.